The number of hydrogen-bond donors (Lipinski definition) is 2. The molecule has 0 saturated carbocycles. The molecule has 1 saturated heterocycles. The molecule has 1 fully saturated rings. The summed E-state index contributed by atoms with van der Waals surface area (Å²) in [6.45, 7) is 9.43. The third-order valence-corrected chi connectivity index (χ3v) is 4.13. The minimum atomic E-state index is -1.23. The molecule has 2 N–H and O–H groups in total. The molecule has 6 heteroatoms. The lowest BCUT2D eigenvalue weighted by atomic mass is 9.85. The summed E-state index contributed by atoms with van der Waals surface area (Å²) in [4.78, 5) is 37.2. The Labute approximate surface area is 125 Å². The van der Waals surface area contributed by atoms with Crippen molar-refractivity contribution in [3.8, 4) is 0 Å². The minimum Gasteiger partial charge on any atom is -0.465 e. The topological polar surface area (TPSA) is 86.7 Å². The van der Waals surface area contributed by atoms with Crippen LogP contribution in [0.25, 0.3) is 0 Å². The molecule has 1 unspecified atom stereocenters. The molecule has 1 aliphatic rings. The molecule has 120 valence electrons. The Morgan fingerprint density at radius 2 is 1.90 bits per heavy atom. The van der Waals surface area contributed by atoms with Crippen LogP contribution >= 0.6 is 0 Å². The maximum absolute atomic E-state index is 12.8. The zero-order valence-electron chi connectivity index (χ0n) is 13.5. The fourth-order valence-electron chi connectivity index (χ4n) is 3.02. The van der Waals surface area contributed by atoms with E-state index in [1.54, 1.807) is 4.90 Å². The van der Waals surface area contributed by atoms with Gasteiger partial charge in [-0.15, -0.1) is 0 Å². The molecule has 21 heavy (non-hydrogen) atoms. The van der Waals surface area contributed by atoms with Gasteiger partial charge in [-0.25, -0.2) is 4.79 Å². The summed E-state index contributed by atoms with van der Waals surface area (Å²) in [5.41, 5.74) is -0.554. The number of likely N-dealkylation sites (tertiary alicyclic amines) is 1. The molecular weight excluding hydrogens is 272 g/mol. The van der Waals surface area contributed by atoms with Gasteiger partial charge < -0.3 is 15.3 Å². The molecule has 1 rings (SSSR count). The first-order valence-electron chi connectivity index (χ1n) is 7.40. The Bertz CT molecular complexity index is 428. The van der Waals surface area contributed by atoms with Gasteiger partial charge in [-0.05, 0) is 24.7 Å². The van der Waals surface area contributed by atoms with Gasteiger partial charge in [-0.1, -0.05) is 34.1 Å². The van der Waals surface area contributed by atoms with Crippen LogP contribution in [-0.2, 0) is 9.59 Å². The van der Waals surface area contributed by atoms with Crippen molar-refractivity contribution in [1.29, 1.82) is 0 Å². The predicted octanol–water partition coefficient (Wildman–Crippen LogP) is 1.88. The standard InChI is InChI=1S/C15H26N2O4/c1-6-10-7-8-17(11(10)9(2)18)13(19)12(15(3,4)5)16-14(20)21/h10-12,16H,6-8H2,1-5H3,(H,20,21)/t10-,11-,12?/m1/s1. The van der Waals surface area contributed by atoms with Gasteiger partial charge in [0, 0.05) is 6.54 Å². The smallest absolute Gasteiger partial charge is 0.405 e. The average Bonchev–Trinajstić information content (AvgIpc) is 2.77. The number of nitrogens with one attached hydrogen (secondary N) is 1. The lowest BCUT2D eigenvalue weighted by molar-refractivity contribution is -0.141. The number of carbonyl (C=O) groups is 3. The minimum absolute atomic E-state index is 0.0318. The van der Waals surface area contributed by atoms with E-state index in [4.69, 9.17) is 5.11 Å². The van der Waals surface area contributed by atoms with Gasteiger partial charge in [-0.3, -0.25) is 9.59 Å². The number of Topliss-reactive ketones (excluding diaryl/α,β-unsaturated/α-hetero) is 1. The third kappa shape index (κ3) is 3.95. The van der Waals surface area contributed by atoms with Crippen LogP contribution in [0.5, 0.6) is 0 Å². The zero-order valence-corrected chi connectivity index (χ0v) is 13.5. The molecule has 1 heterocycles. The van der Waals surface area contributed by atoms with Crippen molar-refractivity contribution in [2.45, 2.75) is 59.5 Å². The van der Waals surface area contributed by atoms with E-state index in [9.17, 15) is 14.4 Å². The highest BCUT2D eigenvalue weighted by molar-refractivity contribution is 5.92. The Kier molecular flexibility index (Phi) is 5.36. The van der Waals surface area contributed by atoms with Gasteiger partial charge in [0.15, 0.2) is 5.78 Å². The zero-order chi connectivity index (χ0) is 16.4. The van der Waals surface area contributed by atoms with Crippen LogP contribution in [0.15, 0.2) is 0 Å². The maximum atomic E-state index is 12.8. The summed E-state index contributed by atoms with van der Waals surface area (Å²) in [5, 5.41) is 11.3. The molecule has 0 aromatic heterocycles. The normalized spacial score (nSPS) is 23.8. The van der Waals surface area contributed by atoms with Gasteiger partial charge in [0.25, 0.3) is 0 Å². The molecular formula is C15H26N2O4. The lowest BCUT2D eigenvalue weighted by Crippen LogP contribution is -2.56. The molecule has 2 amide bonds. The second-order valence-electron chi connectivity index (χ2n) is 6.79. The fraction of sp³-hybridized carbons (Fsp3) is 0.800. The van der Waals surface area contributed by atoms with Crippen LogP contribution in [0, 0.1) is 11.3 Å². The summed E-state index contributed by atoms with van der Waals surface area (Å²) >= 11 is 0. The maximum Gasteiger partial charge on any atom is 0.405 e. The summed E-state index contributed by atoms with van der Waals surface area (Å²) in [5.74, 6) is -0.173. The third-order valence-electron chi connectivity index (χ3n) is 4.13. The van der Waals surface area contributed by atoms with E-state index in [0.29, 0.717) is 6.54 Å². The van der Waals surface area contributed by atoms with Gasteiger partial charge in [-0.2, -0.15) is 0 Å². The first-order chi connectivity index (χ1) is 9.59. The highest BCUT2D eigenvalue weighted by atomic mass is 16.4. The largest absolute Gasteiger partial charge is 0.465 e. The molecule has 3 atom stereocenters. The van der Waals surface area contributed by atoms with Gasteiger partial charge in [0.2, 0.25) is 5.91 Å². The molecule has 1 aliphatic heterocycles. The van der Waals surface area contributed by atoms with Crippen molar-refractivity contribution in [3.05, 3.63) is 0 Å². The van der Waals surface area contributed by atoms with Crippen molar-refractivity contribution in [1.82, 2.24) is 10.2 Å². The van der Waals surface area contributed by atoms with Crippen molar-refractivity contribution in [2.24, 2.45) is 11.3 Å². The van der Waals surface area contributed by atoms with Gasteiger partial charge in [0.05, 0.1) is 6.04 Å². The number of nitrogens with zero attached hydrogens (tertiary/aromatic N) is 1. The summed E-state index contributed by atoms with van der Waals surface area (Å²) in [6.07, 6.45) is 0.394. The van der Waals surface area contributed by atoms with E-state index >= 15 is 0 Å². The number of carboxylic acid groups (broad SMARTS) is 1. The monoisotopic (exact) mass is 298 g/mol. The molecule has 0 aliphatic carbocycles. The number of carbonyl (C=O) groups excluding carboxylic acids is 2. The van der Waals surface area contributed by atoms with Crippen LogP contribution < -0.4 is 5.32 Å². The number of amides is 2. The second kappa shape index (κ2) is 6.45. The Morgan fingerprint density at radius 3 is 2.29 bits per heavy atom. The fourth-order valence-corrected chi connectivity index (χ4v) is 3.02. The highest BCUT2D eigenvalue weighted by Gasteiger charge is 2.44. The van der Waals surface area contributed by atoms with Gasteiger partial charge >= 0.3 is 6.09 Å². The highest BCUT2D eigenvalue weighted by Crippen LogP contribution is 2.31. The number of ketones is 1. The summed E-state index contributed by atoms with van der Waals surface area (Å²) in [6, 6.07) is -1.28. The van der Waals surface area contributed by atoms with Crippen LogP contribution in [0.2, 0.25) is 0 Å². The molecule has 0 aromatic rings. The molecule has 6 nitrogen and oxygen atoms in total. The Morgan fingerprint density at radius 1 is 1.33 bits per heavy atom. The van der Waals surface area contributed by atoms with Crippen molar-refractivity contribution in [3.63, 3.8) is 0 Å². The SMILES string of the molecule is CC[C@@H]1CCN(C(=O)C(NC(=O)O)C(C)(C)C)[C@@H]1C(C)=O. The van der Waals surface area contributed by atoms with E-state index in [1.165, 1.54) is 6.92 Å². The Hall–Kier alpha value is -1.59. The van der Waals surface area contributed by atoms with E-state index in [2.05, 4.69) is 5.32 Å². The quantitative estimate of drug-likeness (QED) is 0.829. The predicted molar refractivity (Wildman–Crippen MR) is 79.0 cm³/mol. The van der Waals surface area contributed by atoms with Crippen LogP contribution in [0.1, 0.15) is 47.5 Å². The average molecular weight is 298 g/mol. The number of hydrogen-bond acceptors (Lipinski definition) is 3. The van der Waals surface area contributed by atoms with Crippen LogP contribution in [0.4, 0.5) is 4.79 Å². The van der Waals surface area contributed by atoms with E-state index in [-0.39, 0.29) is 17.6 Å². The molecule has 0 aromatic carbocycles. The van der Waals surface area contributed by atoms with Crippen molar-refractivity contribution < 1.29 is 19.5 Å². The first kappa shape index (κ1) is 17.5. The first-order valence-corrected chi connectivity index (χ1v) is 7.40. The lowest BCUT2D eigenvalue weighted by Gasteiger charge is -2.35. The van der Waals surface area contributed by atoms with Crippen molar-refractivity contribution in [2.75, 3.05) is 6.54 Å². The second-order valence-corrected chi connectivity index (χ2v) is 6.79. The van der Waals surface area contributed by atoms with E-state index in [1.807, 2.05) is 27.7 Å². The summed E-state index contributed by atoms with van der Waals surface area (Å²) < 4.78 is 0. The van der Waals surface area contributed by atoms with Crippen LogP contribution in [-0.4, -0.2) is 46.4 Å². The Balaban J connectivity index is 3.03. The van der Waals surface area contributed by atoms with Crippen molar-refractivity contribution >= 4 is 17.8 Å². The van der Waals surface area contributed by atoms with E-state index in [0.717, 1.165) is 12.8 Å². The summed E-state index contributed by atoms with van der Waals surface area (Å²) in [7, 11) is 0. The molecule has 0 radical (unpaired) electrons. The van der Waals surface area contributed by atoms with Crippen LogP contribution in [0.3, 0.4) is 0 Å². The van der Waals surface area contributed by atoms with E-state index < -0.39 is 23.6 Å². The number of rotatable bonds is 4. The van der Waals surface area contributed by atoms with Gasteiger partial charge in [0.1, 0.15) is 6.04 Å². The molecule has 0 bridgehead atoms. The molecule has 0 spiro atoms.